The molecule has 3 aromatic rings. The quantitative estimate of drug-likeness (QED) is 0.655. The van der Waals surface area contributed by atoms with Crippen LogP contribution in [0.3, 0.4) is 0 Å². The number of halogens is 1. The van der Waals surface area contributed by atoms with E-state index in [-0.39, 0.29) is 11.7 Å². The average Bonchev–Trinajstić information content (AvgIpc) is 3.00. The zero-order valence-corrected chi connectivity index (χ0v) is 14.1. The van der Waals surface area contributed by atoms with Crippen molar-refractivity contribution in [1.82, 2.24) is 0 Å². The molecule has 1 aromatic heterocycles. The lowest BCUT2D eigenvalue weighted by Gasteiger charge is -2.11. The van der Waals surface area contributed by atoms with Crippen LogP contribution < -0.4 is 11.1 Å². The van der Waals surface area contributed by atoms with Gasteiger partial charge < -0.3 is 15.5 Å². The molecule has 0 radical (unpaired) electrons. The molecule has 0 atom stereocenters. The predicted molar refractivity (Wildman–Crippen MR) is 97.4 cm³/mol. The van der Waals surface area contributed by atoms with Crippen molar-refractivity contribution >= 4 is 28.9 Å². The maximum Gasteiger partial charge on any atom is 0.291 e. The number of hydrogen-bond donors (Lipinski definition) is 2. The number of nitrogen functional groups attached to an aromatic ring is 1. The van der Waals surface area contributed by atoms with Gasteiger partial charge in [-0.3, -0.25) is 4.79 Å². The van der Waals surface area contributed by atoms with Gasteiger partial charge in [0.15, 0.2) is 5.76 Å². The Balaban J connectivity index is 1.85. The second kappa shape index (κ2) is 6.42. The number of furan rings is 1. The van der Waals surface area contributed by atoms with Gasteiger partial charge in [-0.2, -0.15) is 0 Å². The van der Waals surface area contributed by atoms with Crippen molar-refractivity contribution in [3.05, 3.63) is 70.4 Å². The molecule has 3 N–H and O–H groups in total. The zero-order chi connectivity index (χ0) is 17.3. The molecule has 0 fully saturated rings. The predicted octanol–water partition coefficient (Wildman–Crippen LogP) is 5.05. The Kier molecular flexibility index (Phi) is 4.32. The van der Waals surface area contributed by atoms with Crippen LogP contribution in [0, 0.1) is 13.8 Å². The first kappa shape index (κ1) is 16.1. The Hall–Kier alpha value is -2.72. The number of hydrogen-bond acceptors (Lipinski definition) is 3. The van der Waals surface area contributed by atoms with E-state index in [0.29, 0.717) is 22.2 Å². The van der Waals surface area contributed by atoms with Gasteiger partial charge in [-0.15, -0.1) is 0 Å². The van der Waals surface area contributed by atoms with E-state index in [1.807, 2.05) is 38.1 Å². The van der Waals surface area contributed by atoms with Crippen LogP contribution in [0.4, 0.5) is 11.4 Å². The number of carbonyl (C=O) groups excluding carboxylic acids is 1. The van der Waals surface area contributed by atoms with Gasteiger partial charge in [0, 0.05) is 10.6 Å². The number of aryl methyl sites for hydroxylation is 2. The fourth-order valence-electron chi connectivity index (χ4n) is 2.60. The summed E-state index contributed by atoms with van der Waals surface area (Å²) in [6, 6.07) is 14.4. The molecule has 0 saturated heterocycles. The van der Waals surface area contributed by atoms with Crippen molar-refractivity contribution in [3.63, 3.8) is 0 Å². The Bertz CT molecular complexity index is 892. The molecule has 3 rings (SSSR count). The third kappa shape index (κ3) is 3.29. The first-order valence-corrected chi connectivity index (χ1v) is 7.85. The van der Waals surface area contributed by atoms with E-state index < -0.39 is 0 Å². The number of benzene rings is 2. The third-order valence-corrected chi connectivity index (χ3v) is 3.92. The fourth-order valence-corrected chi connectivity index (χ4v) is 2.79. The minimum absolute atomic E-state index is 0.212. The van der Waals surface area contributed by atoms with E-state index in [0.717, 1.165) is 16.7 Å². The first-order valence-electron chi connectivity index (χ1n) is 7.48. The van der Waals surface area contributed by atoms with E-state index in [1.54, 1.807) is 24.3 Å². The highest BCUT2D eigenvalue weighted by atomic mass is 35.5. The number of nitrogens with one attached hydrogen (secondary N) is 1. The molecule has 5 heteroatoms. The van der Waals surface area contributed by atoms with Gasteiger partial charge in [-0.25, -0.2) is 0 Å². The molecule has 0 unspecified atom stereocenters. The van der Waals surface area contributed by atoms with Crippen LogP contribution >= 0.6 is 11.6 Å². The molecule has 0 aliphatic carbocycles. The third-order valence-electron chi connectivity index (χ3n) is 3.69. The normalized spacial score (nSPS) is 10.6. The van der Waals surface area contributed by atoms with Crippen LogP contribution in [0.25, 0.3) is 11.3 Å². The summed E-state index contributed by atoms with van der Waals surface area (Å²) in [6.07, 6.45) is 0. The van der Waals surface area contributed by atoms with Gasteiger partial charge in [-0.1, -0.05) is 29.8 Å². The summed E-state index contributed by atoms with van der Waals surface area (Å²) in [5, 5.41) is 3.42. The largest absolute Gasteiger partial charge is 0.451 e. The number of amides is 1. The van der Waals surface area contributed by atoms with Gasteiger partial charge in [0.05, 0.1) is 11.4 Å². The number of carbonyl (C=O) groups is 1. The minimum atomic E-state index is -0.345. The average molecular weight is 341 g/mol. The molecule has 2 aromatic carbocycles. The lowest BCUT2D eigenvalue weighted by molar-refractivity contribution is 0.0997. The van der Waals surface area contributed by atoms with Crippen LogP contribution in [0.15, 0.2) is 52.9 Å². The summed E-state index contributed by atoms with van der Waals surface area (Å²) >= 11 is 5.98. The molecule has 0 saturated carbocycles. The summed E-state index contributed by atoms with van der Waals surface area (Å²) in [5.74, 6) is 0.447. The molecule has 1 amide bonds. The molecular formula is C19H17ClN2O2. The molecule has 0 spiro atoms. The fraction of sp³-hybridized carbons (Fsp3) is 0.105. The summed E-state index contributed by atoms with van der Waals surface area (Å²) in [6.45, 7) is 3.86. The van der Waals surface area contributed by atoms with Crippen LogP contribution in [-0.4, -0.2) is 5.91 Å². The van der Waals surface area contributed by atoms with Crippen LogP contribution in [0.2, 0.25) is 5.02 Å². The number of nitrogens with two attached hydrogens (primary N) is 1. The van der Waals surface area contributed by atoms with E-state index >= 15 is 0 Å². The summed E-state index contributed by atoms with van der Waals surface area (Å²) in [7, 11) is 0. The highest BCUT2D eigenvalue weighted by molar-refractivity contribution is 6.30. The Morgan fingerprint density at radius 2 is 1.92 bits per heavy atom. The Labute approximate surface area is 145 Å². The summed E-state index contributed by atoms with van der Waals surface area (Å²) < 4.78 is 5.65. The molecule has 24 heavy (non-hydrogen) atoms. The highest BCUT2D eigenvalue weighted by Gasteiger charge is 2.15. The van der Waals surface area contributed by atoms with Crippen molar-refractivity contribution in [2.24, 2.45) is 0 Å². The molecule has 0 bridgehead atoms. The minimum Gasteiger partial charge on any atom is -0.451 e. The molecule has 122 valence electrons. The molecular weight excluding hydrogens is 324 g/mol. The van der Waals surface area contributed by atoms with Crippen molar-refractivity contribution in [2.45, 2.75) is 13.8 Å². The Morgan fingerprint density at radius 1 is 1.12 bits per heavy atom. The zero-order valence-electron chi connectivity index (χ0n) is 13.4. The van der Waals surface area contributed by atoms with E-state index in [4.69, 9.17) is 21.8 Å². The second-order valence-corrected chi connectivity index (χ2v) is 6.11. The lowest BCUT2D eigenvalue weighted by Crippen LogP contribution is -2.13. The van der Waals surface area contributed by atoms with Crippen LogP contribution in [0.5, 0.6) is 0 Å². The van der Waals surface area contributed by atoms with Gasteiger partial charge in [0.2, 0.25) is 0 Å². The molecule has 0 aliphatic heterocycles. The van der Waals surface area contributed by atoms with Gasteiger partial charge >= 0.3 is 0 Å². The standard InChI is InChI=1S/C19H17ClN2O2/c1-11-8-12(2)18(15(21)9-11)22-19(23)17-7-6-16(24-17)13-4-3-5-14(20)10-13/h3-10H,21H2,1-2H3,(H,22,23). The van der Waals surface area contributed by atoms with E-state index in [1.165, 1.54) is 0 Å². The SMILES string of the molecule is Cc1cc(C)c(NC(=O)c2ccc(-c3cccc(Cl)c3)o2)c(N)c1. The topological polar surface area (TPSA) is 68.3 Å². The first-order chi connectivity index (χ1) is 11.4. The van der Waals surface area contributed by atoms with Gasteiger partial charge in [0.25, 0.3) is 5.91 Å². The van der Waals surface area contributed by atoms with Crippen molar-refractivity contribution < 1.29 is 9.21 Å². The molecule has 4 nitrogen and oxygen atoms in total. The number of rotatable bonds is 3. The van der Waals surface area contributed by atoms with E-state index in [9.17, 15) is 4.79 Å². The second-order valence-electron chi connectivity index (χ2n) is 5.67. The maximum atomic E-state index is 12.4. The lowest BCUT2D eigenvalue weighted by atomic mass is 10.1. The summed E-state index contributed by atoms with van der Waals surface area (Å²) in [4.78, 5) is 12.4. The smallest absolute Gasteiger partial charge is 0.291 e. The van der Waals surface area contributed by atoms with Crippen molar-refractivity contribution in [2.75, 3.05) is 11.1 Å². The van der Waals surface area contributed by atoms with E-state index in [2.05, 4.69) is 5.32 Å². The Morgan fingerprint density at radius 3 is 2.62 bits per heavy atom. The maximum absolute atomic E-state index is 12.4. The van der Waals surface area contributed by atoms with Gasteiger partial charge in [-0.05, 0) is 55.3 Å². The van der Waals surface area contributed by atoms with Gasteiger partial charge in [0.1, 0.15) is 5.76 Å². The summed E-state index contributed by atoms with van der Waals surface area (Å²) in [5.41, 5.74) is 9.90. The molecule has 1 heterocycles. The number of anilines is 2. The van der Waals surface area contributed by atoms with Crippen molar-refractivity contribution in [1.29, 1.82) is 0 Å². The monoisotopic (exact) mass is 340 g/mol. The van der Waals surface area contributed by atoms with Crippen LogP contribution in [-0.2, 0) is 0 Å². The van der Waals surface area contributed by atoms with Crippen molar-refractivity contribution in [3.8, 4) is 11.3 Å². The van der Waals surface area contributed by atoms with Crippen LogP contribution in [0.1, 0.15) is 21.7 Å². The molecule has 0 aliphatic rings. The highest BCUT2D eigenvalue weighted by Crippen LogP contribution is 2.28.